The number of aliphatic hydroxyl groups is 1. The monoisotopic (exact) mass is 258 g/mol. The van der Waals surface area contributed by atoms with Gasteiger partial charge in [-0.2, -0.15) is 0 Å². The highest BCUT2D eigenvalue weighted by atomic mass is 16.3. The fourth-order valence-electron chi connectivity index (χ4n) is 2.64. The van der Waals surface area contributed by atoms with E-state index in [0.29, 0.717) is 19.0 Å². The van der Waals surface area contributed by atoms with Crippen molar-refractivity contribution >= 4 is 5.91 Å². The lowest BCUT2D eigenvalue weighted by Gasteiger charge is -2.32. The summed E-state index contributed by atoms with van der Waals surface area (Å²) in [5.41, 5.74) is 2.15. The number of rotatable bonds is 6. The minimum atomic E-state index is -0.249. The van der Waals surface area contributed by atoms with Crippen LogP contribution in [0.25, 0.3) is 0 Å². The van der Waals surface area contributed by atoms with Crippen LogP contribution in [0.1, 0.15) is 26.2 Å². The van der Waals surface area contributed by atoms with E-state index in [-0.39, 0.29) is 18.1 Å². The molecule has 3 unspecified atom stereocenters. The van der Waals surface area contributed by atoms with Crippen LogP contribution in [-0.4, -0.2) is 66.2 Å². The summed E-state index contributed by atoms with van der Waals surface area (Å²) in [6.45, 7) is 3.74. The number of nitrogens with zero attached hydrogens (tertiary/aromatic N) is 2. The molecule has 0 radical (unpaired) electrons. The van der Waals surface area contributed by atoms with Gasteiger partial charge in [-0.1, -0.05) is 0 Å². The van der Waals surface area contributed by atoms with Gasteiger partial charge in [0, 0.05) is 31.6 Å². The largest absolute Gasteiger partial charge is 0.392 e. The third-order valence-electron chi connectivity index (χ3n) is 3.53. The zero-order valence-electron chi connectivity index (χ0n) is 11.6. The van der Waals surface area contributed by atoms with E-state index >= 15 is 0 Å². The summed E-state index contributed by atoms with van der Waals surface area (Å²) in [4.78, 5) is 15.6. The van der Waals surface area contributed by atoms with Crippen molar-refractivity contribution in [3.63, 3.8) is 0 Å². The van der Waals surface area contributed by atoms with Gasteiger partial charge in [0.05, 0.1) is 6.10 Å². The first-order valence-corrected chi connectivity index (χ1v) is 6.52. The van der Waals surface area contributed by atoms with Crippen LogP contribution in [0.2, 0.25) is 0 Å². The third-order valence-corrected chi connectivity index (χ3v) is 3.53. The molecule has 1 heterocycles. The van der Waals surface area contributed by atoms with E-state index in [9.17, 15) is 9.90 Å². The van der Waals surface area contributed by atoms with Gasteiger partial charge in [0.25, 0.3) is 0 Å². The number of nitrogens with one attached hydrogen (secondary N) is 1. The number of hydrazine groups is 1. The molecule has 6 nitrogen and oxygen atoms in total. The molecule has 1 rings (SSSR count). The topological polar surface area (TPSA) is 81.8 Å². The summed E-state index contributed by atoms with van der Waals surface area (Å²) in [5, 5.41) is 9.80. The Hall–Kier alpha value is -0.690. The molecule has 18 heavy (non-hydrogen) atoms. The first-order valence-electron chi connectivity index (χ1n) is 6.52. The Labute approximate surface area is 109 Å². The van der Waals surface area contributed by atoms with Crippen molar-refractivity contribution in [1.29, 1.82) is 0 Å². The minimum absolute atomic E-state index is 0.134. The van der Waals surface area contributed by atoms with Crippen molar-refractivity contribution in [2.45, 2.75) is 44.4 Å². The molecule has 0 bridgehead atoms. The Morgan fingerprint density at radius 1 is 1.61 bits per heavy atom. The van der Waals surface area contributed by atoms with Crippen LogP contribution in [0.4, 0.5) is 0 Å². The average molecular weight is 258 g/mol. The first-order chi connectivity index (χ1) is 8.43. The van der Waals surface area contributed by atoms with Gasteiger partial charge >= 0.3 is 0 Å². The number of likely N-dealkylation sites (tertiary alicyclic amines) is 1. The average Bonchev–Trinajstić information content (AvgIpc) is 2.65. The fraction of sp³-hybridized carbons (Fsp3) is 0.917. The van der Waals surface area contributed by atoms with E-state index in [4.69, 9.17) is 5.84 Å². The van der Waals surface area contributed by atoms with Gasteiger partial charge in [-0.15, -0.1) is 0 Å². The molecular weight excluding hydrogens is 232 g/mol. The molecule has 0 aromatic rings. The van der Waals surface area contributed by atoms with E-state index in [1.54, 1.807) is 0 Å². The molecule has 0 aromatic heterocycles. The molecule has 1 saturated heterocycles. The van der Waals surface area contributed by atoms with Gasteiger partial charge in [0.2, 0.25) is 5.91 Å². The molecule has 4 N–H and O–H groups in total. The number of hydrogen-bond acceptors (Lipinski definition) is 5. The highest BCUT2D eigenvalue weighted by Gasteiger charge is 2.33. The van der Waals surface area contributed by atoms with Crippen molar-refractivity contribution in [1.82, 2.24) is 15.2 Å². The number of amides is 1. The third kappa shape index (κ3) is 4.53. The van der Waals surface area contributed by atoms with Crippen LogP contribution in [0.3, 0.4) is 0 Å². The van der Waals surface area contributed by atoms with E-state index in [2.05, 4.69) is 22.1 Å². The second-order valence-electron chi connectivity index (χ2n) is 5.46. The van der Waals surface area contributed by atoms with Crippen LogP contribution >= 0.6 is 0 Å². The van der Waals surface area contributed by atoms with Crippen LogP contribution in [-0.2, 0) is 4.79 Å². The summed E-state index contributed by atoms with van der Waals surface area (Å²) >= 11 is 0. The van der Waals surface area contributed by atoms with Gasteiger partial charge in [-0.05, 0) is 33.9 Å². The number of carbonyl (C=O) groups is 1. The first kappa shape index (κ1) is 15.4. The van der Waals surface area contributed by atoms with Crippen molar-refractivity contribution in [2.24, 2.45) is 5.84 Å². The number of nitrogens with two attached hydrogens (primary N) is 1. The zero-order chi connectivity index (χ0) is 13.7. The maximum Gasteiger partial charge on any atom is 0.233 e. The molecular formula is C12H26N4O2. The summed E-state index contributed by atoms with van der Waals surface area (Å²) < 4.78 is 0. The van der Waals surface area contributed by atoms with Crippen molar-refractivity contribution < 1.29 is 9.90 Å². The molecule has 3 atom stereocenters. The SMILES string of the molecule is CC(CCC(=O)NN)N1CC(O)CC1CN(C)C. The predicted molar refractivity (Wildman–Crippen MR) is 70.7 cm³/mol. The number of carbonyl (C=O) groups excluding carboxylic acids is 1. The normalized spacial score (nSPS) is 26.6. The lowest BCUT2D eigenvalue weighted by atomic mass is 10.1. The van der Waals surface area contributed by atoms with Gasteiger partial charge in [0.15, 0.2) is 0 Å². The van der Waals surface area contributed by atoms with E-state index in [0.717, 1.165) is 19.4 Å². The van der Waals surface area contributed by atoms with Gasteiger partial charge in [0.1, 0.15) is 0 Å². The molecule has 0 spiro atoms. The van der Waals surface area contributed by atoms with Crippen molar-refractivity contribution in [3.8, 4) is 0 Å². The summed E-state index contributed by atoms with van der Waals surface area (Å²) in [7, 11) is 4.07. The highest BCUT2D eigenvalue weighted by molar-refractivity contribution is 5.75. The molecule has 0 aliphatic carbocycles. The zero-order valence-corrected chi connectivity index (χ0v) is 11.6. The number of aliphatic hydroxyl groups excluding tert-OH is 1. The summed E-state index contributed by atoms with van der Waals surface area (Å²) in [5.74, 6) is 4.93. The molecule has 1 fully saturated rings. The second kappa shape index (κ2) is 7.04. The van der Waals surface area contributed by atoms with Crippen molar-refractivity contribution in [3.05, 3.63) is 0 Å². The van der Waals surface area contributed by atoms with E-state index < -0.39 is 0 Å². The van der Waals surface area contributed by atoms with Gasteiger partial charge in [-0.3, -0.25) is 15.1 Å². The summed E-state index contributed by atoms with van der Waals surface area (Å²) in [6, 6.07) is 0.648. The Bertz CT molecular complexity index is 273. The predicted octanol–water partition coefficient (Wildman–Crippen LogP) is -0.858. The Morgan fingerprint density at radius 3 is 2.83 bits per heavy atom. The van der Waals surface area contributed by atoms with E-state index in [1.807, 2.05) is 14.1 Å². The highest BCUT2D eigenvalue weighted by Crippen LogP contribution is 2.23. The van der Waals surface area contributed by atoms with Crippen LogP contribution in [0.5, 0.6) is 0 Å². The fourth-order valence-corrected chi connectivity index (χ4v) is 2.64. The molecule has 6 heteroatoms. The number of likely N-dealkylation sites (N-methyl/N-ethyl adjacent to an activating group) is 1. The maximum atomic E-state index is 11.1. The van der Waals surface area contributed by atoms with Crippen LogP contribution in [0, 0.1) is 0 Å². The lowest BCUT2D eigenvalue weighted by molar-refractivity contribution is -0.121. The molecule has 0 saturated carbocycles. The maximum absolute atomic E-state index is 11.1. The molecule has 1 aliphatic heterocycles. The van der Waals surface area contributed by atoms with Crippen LogP contribution in [0.15, 0.2) is 0 Å². The summed E-state index contributed by atoms with van der Waals surface area (Å²) in [6.07, 6.45) is 1.75. The van der Waals surface area contributed by atoms with Crippen molar-refractivity contribution in [2.75, 3.05) is 27.2 Å². The molecule has 1 aliphatic rings. The standard InChI is InChI=1S/C12H26N4O2/c1-9(4-5-12(18)14-13)16-8-11(17)6-10(16)7-15(2)3/h9-11,17H,4-8,13H2,1-3H3,(H,14,18). The molecule has 1 amide bonds. The van der Waals surface area contributed by atoms with Crippen LogP contribution < -0.4 is 11.3 Å². The Balaban J connectivity index is 2.48. The number of hydrogen-bond donors (Lipinski definition) is 3. The quantitative estimate of drug-likeness (QED) is 0.328. The second-order valence-corrected chi connectivity index (χ2v) is 5.46. The molecule has 106 valence electrons. The number of β-amino-alcohol motifs (C(OH)–C–C–N with tert-alkyl or cyclic N) is 1. The molecule has 0 aromatic carbocycles. The van der Waals surface area contributed by atoms with E-state index in [1.165, 1.54) is 0 Å². The smallest absolute Gasteiger partial charge is 0.233 e. The van der Waals surface area contributed by atoms with Gasteiger partial charge in [-0.25, -0.2) is 5.84 Å². The Morgan fingerprint density at radius 2 is 2.28 bits per heavy atom. The minimum Gasteiger partial charge on any atom is -0.392 e. The van der Waals surface area contributed by atoms with Gasteiger partial charge < -0.3 is 10.0 Å². The Kier molecular flexibility index (Phi) is 6.01. The lowest BCUT2D eigenvalue weighted by Crippen LogP contribution is -2.43.